The third-order valence-electron chi connectivity index (χ3n) is 8.76. The first-order valence-electron chi connectivity index (χ1n) is 12.7. The second kappa shape index (κ2) is 10.0. The van der Waals surface area contributed by atoms with Crippen LogP contribution in [0, 0.1) is 11.8 Å². The van der Waals surface area contributed by atoms with Gasteiger partial charge in [-0.15, -0.1) is 0 Å². The average molecular weight is 495 g/mol. The summed E-state index contributed by atoms with van der Waals surface area (Å²) in [5.41, 5.74) is 0.700. The predicted molar refractivity (Wildman–Crippen MR) is 133 cm³/mol. The van der Waals surface area contributed by atoms with Gasteiger partial charge < -0.3 is 14.5 Å². The van der Waals surface area contributed by atoms with Gasteiger partial charge in [0, 0.05) is 32.1 Å². The third kappa shape index (κ3) is 4.81. The van der Waals surface area contributed by atoms with Gasteiger partial charge in [-0.3, -0.25) is 9.69 Å². The van der Waals surface area contributed by atoms with E-state index in [9.17, 15) is 4.79 Å². The number of amides is 1. The van der Waals surface area contributed by atoms with E-state index in [1.54, 1.807) is 6.07 Å². The van der Waals surface area contributed by atoms with E-state index in [0.717, 1.165) is 50.9 Å². The fraction of sp³-hybridized carbons (Fsp3) is 0.731. The van der Waals surface area contributed by atoms with Gasteiger partial charge in [-0.2, -0.15) is 0 Å². The molecule has 1 amide bonds. The number of hydrogen-bond acceptors (Lipinski definition) is 4. The molecule has 0 bridgehead atoms. The molecule has 0 N–H and O–H groups in total. The summed E-state index contributed by atoms with van der Waals surface area (Å²) in [4.78, 5) is 21.2. The molecule has 5 nitrogen and oxygen atoms in total. The minimum absolute atomic E-state index is 0.192. The Hall–Kier alpha value is -0.850. The molecule has 3 unspecified atom stereocenters. The van der Waals surface area contributed by atoms with Crippen molar-refractivity contribution in [1.82, 2.24) is 14.7 Å². The van der Waals surface area contributed by atoms with E-state index >= 15 is 0 Å². The molecular weight excluding hydrogens is 457 g/mol. The zero-order valence-electron chi connectivity index (χ0n) is 19.8. The molecule has 3 atom stereocenters. The van der Waals surface area contributed by atoms with E-state index in [2.05, 4.69) is 21.6 Å². The summed E-state index contributed by atoms with van der Waals surface area (Å²) in [6.07, 6.45) is 6.97. The predicted octanol–water partition coefficient (Wildman–Crippen LogP) is 4.35. The van der Waals surface area contributed by atoms with Gasteiger partial charge in [0.25, 0.3) is 0 Å². The fourth-order valence-corrected chi connectivity index (χ4v) is 6.81. The van der Waals surface area contributed by atoms with E-state index in [0.29, 0.717) is 22.4 Å². The van der Waals surface area contributed by atoms with Crippen molar-refractivity contribution in [2.45, 2.75) is 57.0 Å². The highest BCUT2D eigenvalue weighted by atomic mass is 35.5. The Balaban J connectivity index is 1.40. The van der Waals surface area contributed by atoms with Crippen molar-refractivity contribution in [3.8, 4) is 0 Å². The van der Waals surface area contributed by atoms with Gasteiger partial charge in [0.05, 0.1) is 41.3 Å². The SMILES string of the molecule is CC12C(CN3CCCC3)COCC1N(CC1CCC1)CCN2C(=O)Cc1ccc(Cl)c(Cl)c1. The summed E-state index contributed by atoms with van der Waals surface area (Å²) in [6.45, 7) is 10.0. The van der Waals surface area contributed by atoms with Crippen LogP contribution in [-0.4, -0.2) is 84.7 Å². The van der Waals surface area contributed by atoms with Crippen LogP contribution >= 0.6 is 23.2 Å². The first-order chi connectivity index (χ1) is 15.9. The van der Waals surface area contributed by atoms with E-state index < -0.39 is 0 Å². The van der Waals surface area contributed by atoms with Crippen LogP contribution in [0.4, 0.5) is 0 Å². The molecule has 4 fully saturated rings. The lowest BCUT2D eigenvalue weighted by molar-refractivity contribution is -0.176. The lowest BCUT2D eigenvalue weighted by Gasteiger charge is -2.60. The number of piperazine rings is 1. The van der Waals surface area contributed by atoms with Crippen LogP contribution in [0.15, 0.2) is 18.2 Å². The first-order valence-corrected chi connectivity index (χ1v) is 13.5. The van der Waals surface area contributed by atoms with Crippen molar-refractivity contribution in [1.29, 1.82) is 0 Å². The maximum absolute atomic E-state index is 13.8. The highest BCUT2D eigenvalue weighted by molar-refractivity contribution is 6.42. The zero-order chi connectivity index (χ0) is 23.0. The van der Waals surface area contributed by atoms with Crippen LogP contribution in [0.25, 0.3) is 0 Å². The van der Waals surface area contributed by atoms with Crippen LogP contribution in [0.3, 0.4) is 0 Å². The monoisotopic (exact) mass is 493 g/mol. The Bertz CT molecular complexity index is 858. The molecule has 0 spiro atoms. The normalized spacial score (nSPS) is 31.4. The van der Waals surface area contributed by atoms with E-state index in [1.165, 1.54) is 45.2 Å². The van der Waals surface area contributed by atoms with Gasteiger partial charge in [-0.05, 0) is 69.3 Å². The number of fused-ring (bicyclic) bond motifs is 1. The van der Waals surface area contributed by atoms with Crippen molar-refractivity contribution in [2.75, 3.05) is 52.5 Å². The number of nitrogens with zero attached hydrogens (tertiary/aromatic N) is 3. The van der Waals surface area contributed by atoms with Crippen LogP contribution in [0.5, 0.6) is 0 Å². The number of rotatable bonds is 6. The van der Waals surface area contributed by atoms with Crippen molar-refractivity contribution in [2.24, 2.45) is 11.8 Å². The molecule has 7 heteroatoms. The van der Waals surface area contributed by atoms with Gasteiger partial charge in [0.1, 0.15) is 0 Å². The van der Waals surface area contributed by atoms with Crippen molar-refractivity contribution in [3.05, 3.63) is 33.8 Å². The molecule has 1 aromatic carbocycles. The Morgan fingerprint density at radius 2 is 1.82 bits per heavy atom. The molecule has 1 aliphatic carbocycles. The molecule has 3 saturated heterocycles. The molecule has 1 saturated carbocycles. The molecule has 1 aromatic rings. The van der Waals surface area contributed by atoms with Crippen molar-refractivity contribution >= 4 is 29.1 Å². The Kier molecular flexibility index (Phi) is 7.25. The highest BCUT2D eigenvalue weighted by Gasteiger charge is 2.55. The lowest BCUT2D eigenvalue weighted by atomic mass is 9.73. The Morgan fingerprint density at radius 1 is 1.03 bits per heavy atom. The van der Waals surface area contributed by atoms with Crippen LogP contribution < -0.4 is 0 Å². The first kappa shape index (κ1) is 23.9. The van der Waals surface area contributed by atoms with Gasteiger partial charge >= 0.3 is 0 Å². The summed E-state index contributed by atoms with van der Waals surface area (Å²) >= 11 is 12.3. The number of hydrogen-bond donors (Lipinski definition) is 0. The summed E-state index contributed by atoms with van der Waals surface area (Å²) in [6, 6.07) is 5.80. The maximum atomic E-state index is 13.8. The molecule has 3 aliphatic heterocycles. The molecule has 0 aromatic heterocycles. The lowest BCUT2D eigenvalue weighted by Crippen LogP contribution is -2.75. The van der Waals surface area contributed by atoms with Crippen LogP contribution in [0.2, 0.25) is 10.0 Å². The minimum atomic E-state index is -0.226. The number of carbonyl (C=O) groups excluding carboxylic acids is 1. The van der Waals surface area contributed by atoms with E-state index in [-0.39, 0.29) is 17.5 Å². The average Bonchev–Trinajstić information content (AvgIpc) is 3.27. The van der Waals surface area contributed by atoms with Gasteiger partial charge in [-0.1, -0.05) is 35.7 Å². The molecule has 4 aliphatic rings. The van der Waals surface area contributed by atoms with Gasteiger partial charge in [0.2, 0.25) is 5.91 Å². The maximum Gasteiger partial charge on any atom is 0.227 e. The number of benzene rings is 1. The number of likely N-dealkylation sites (tertiary alicyclic amines) is 1. The Morgan fingerprint density at radius 3 is 2.52 bits per heavy atom. The molecule has 5 rings (SSSR count). The third-order valence-corrected chi connectivity index (χ3v) is 9.50. The van der Waals surface area contributed by atoms with Crippen LogP contribution in [0.1, 0.15) is 44.6 Å². The summed E-state index contributed by atoms with van der Waals surface area (Å²) in [7, 11) is 0. The Labute approximate surface area is 208 Å². The number of ether oxygens (including phenoxy) is 1. The molecular formula is C26H37Cl2N3O2. The molecule has 182 valence electrons. The molecule has 0 radical (unpaired) electrons. The van der Waals surface area contributed by atoms with E-state index in [4.69, 9.17) is 27.9 Å². The van der Waals surface area contributed by atoms with E-state index in [1.807, 2.05) is 12.1 Å². The smallest absolute Gasteiger partial charge is 0.227 e. The zero-order valence-corrected chi connectivity index (χ0v) is 21.3. The van der Waals surface area contributed by atoms with Gasteiger partial charge in [0.15, 0.2) is 0 Å². The van der Waals surface area contributed by atoms with Crippen molar-refractivity contribution in [3.63, 3.8) is 0 Å². The number of halogens is 2. The largest absolute Gasteiger partial charge is 0.379 e. The standard InChI is InChI=1S/C26H37Cl2N3O2/c1-26-21(16-29-9-2-3-10-29)17-33-18-24(26)30(15-19-5-4-6-19)11-12-31(26)25(32)14-20-7-8-22(27)23(28)13-20/h7-8,13,19,21,24H,2-6,9-12,14-18H2,1H3. The minimum Gasteiger partial charge on any atom is -0.379 e. The quantitative estimate of drug-likeness (QED) is 0.589. The summed E-state index contributed by atoms with van der Waals surface area (Å²) < 4.78 is 6.23. The molecule has 3 heterocycles. The highest BCUT2D eigenvalue weighted by Crippen LogP contribution is 2.41. The summed E-state index contributed by atoms with van der Waals surface area (Å²) in [5.74, 6) is 1.32. The van der Waals surface area contributed by atoms with Gasteiger partial charge in [-0.25, -0.2) is 0 Å². The number of carbonyl (C=O) groups is 1. The second-order valence-corrected chi connectivity index (χ2v) is 11.6. The van der Waals surface area contributed by atoms with Crippen molar-refractivity contribution < 1.29 is 9.53 Å². The molecule has 33 heavy (non-hydrogen) atoms. The summed E-state index contributed by atoms with van der Waals surface area (Å²) in [5, 5.41) is 1.04. The van der Waals surface area contributed by atoms with Crippen LogP contribution in [-0.2, 0) is 16.0 Å². The second-order valence-electron chi connectivity index (χ2n) is 10.7. The topological polar surface area (TPSA) is 36.0 Å². The fourth-order valence-electron chi connectivity index (χ4n) is 6.48.